The Morgan fingerprint density at radius 2 is 1.70 bits per heavy atom. The highest BCUT2D eigenvalue weighted by atomic mass is 19.4. The summed E-state index contributed by atoms with van der Waals surface area (Å²) in [7, 11) is 0. The number of carbonyl (C=O) groups is 1. The molecular weight excluding hydrogens is 521 g/mol. The van der Waals surface area contributed by atoms with Gasteiger partial charge in [0.1, 0.15) is 5.84 Å². The van der Waals surface area contributed by atoms with Crippen LogP contribution in [0.4, 0.5) is 18.0 Å². The van der Waals surface area contributed by atoms with Crippen molar-refractivity contribution in [2.45, 2.75) is 90.3 Å². The number of rotatable bonds is 4. The van der Waals surface area contributed by atoms with E-state index in [1.165, 1.54) is 11.1 Å². The Labute approximate surface area is 233 Å². The molecule has 0 radical (unpaired) electrons. The number of amidine groups is 1. The number of halogens is 3. The minimum absolute atomic E-state index is 0.0434. The first-order chi connectivity index (χ1) is 18.9. The first-order valence-corrected chi connectivity index (χ1v) is 14.3. The zero-order chi connectivity index (χ0) is 28.7. The van der Waals surface area contributed by atoms with E-state index in [0.717, 1.165) is 56.3 Å². The number of hydrogen-bond donors (Lipinski definition) is 1. The summed E-state index contributed by atoms with van der Waals surface area (Å²) in [6.45, 7) is 8.49. The summed E-state index contributed by atoms with van der Waals surface area (Å²) in [6, 6.07) is 8.91. The number of benzene rings is 1. The fourth-order valence-electron chi connectivity index (χ4n) is 6.51. The molecule has 3 aliphatic heterocycles. The number of nitrogens with zero attached hydrogens (tertiary/aromatic N) is 6. The molecule has 1 aromatic heterocycles. The molecule has 218 valence electrons. The third-order valence-electron chi connectivity index (χ3n) is 8.86. The standard InChI is InChI=1S/C29H39F3N6O2/c1-28(2,3)23-18-20(12-17-37(23)27(39)40)5-4-19-6-8-21(9-7-19)22-13-15-36(16-14-22)25-11-10-24-33-34-26(29(30,31)32)38(24)35-25/h6-9,20,22-23H,4-5,10-18H2,1-3H3,(H,39,40). The topological polar surface area (TPSA) is 86.9 Å². The van der Waals surface area contributed by atoms with Crippen molar-refractivity contribution in [3.05, 3.63) is 47.0 Å². The van der Waals surface area contributed by atoms with Crippen molar-refractivity contribution in [2.75, 3.05) is 19.6 Å². The molecule has 0 saturated carbocycles. The molecule has 0 bridgehead atoms. The lowest BCUT2D eigenvalue weighted by atomic mass is 9.75. The maximum Gasteiger partial charge on any atom is 0.453 e. The first kappa shape index (κ1) is 28.4. The van der Waals surface area contributed by atoms with Gasteiger partial charge in [-0.15, -0.1) is 10.2 Å². The quantitative estimate of drug-likeness (QED) is 0.494. The molecular formula is C29H39F3N6O2. The van der Waals surface area contributed by atoms with Crippen LogP contribution in [-0.4, -0.2) is 67.4 Å². The number of amides is 1. The number of fused-ring (bicyclic) bond motifs is 1. The molecule has 5 rings (SSSR count). The molecule has 8 nitrogen and oxygen atoms in total. The number of carboxylic acid groups (broad SMARTS) is 1. The van der Waals surface area contributed by atoms with E-state index in [2.05, 4.69) is 65.2 Å². The van der Waals surface area contributed by atoms with Gasteiger partial charge in [0.25, 0.3) is 5.82 Å². The summed E-state index contributed by atoms with van der Waals surface area (Å²) < 4.78 is 40.6. The van der Waals surface area contributed by atoms with Crippen LogP contribution in [0.5, 0.6) is 0 Å². The van der Waals surface area contributed by atoms with Crippen molar-refractivity contribution >= 4 is 11.9 Å². The van der Waals surface area contributed by atoms with Gasteiger partial charge in [-0.05, 0) is 66.9 Å². The van der Waals surface area contributed by atoms with Gasteiger partial charge in [0.2, 0.25) is 0 Å². The second-order valence-corrected chi connectivity index (χ2v) is 12.6. The molecule has 11 heteroatoms. The predicted octanol–water partition coefficient (Wildman–Crippen LogP) is 6.02. The summed E-state index contributed by atoms with van der Waals surface area (Å²) in [5, 5.41) is 20.9. The summed E-state index contributed by atoms with van der Waals surface area (Å²) >= 11 is 0. The molecule has 0 spiro atoms. The van der Waals surface area contributed by atoms with Crippen molar-refractivity contribution in [2.24, 2.45) is 16.4 Å². The molecule has 0 aliphatic carbocycles. The van der Waals surface area contributed by atoms with E-state index in [1.807, 2.05) is 0 Å². The van der Waals surface area contributed by atoms with E-state index in [-0.39, 0.29) is 17.3 Å². The van der Waals surface area contributed by atoms with Crippen LogP contribution in [-0.2, 0) is 19.0 Å². The zero-order valence-electron chi connectivity index (χ0n) is 23.5. The average Bonchev–Trinajstić information content (AvgIpc) is 3.36. The Kier molecular flexibility index (Phi) is 7.85. The molecule has 2 fully saturated rings. The average molecular weight is 561 g/mol. The van der Waals surface area contributed by atoms with Crippen LogP contribution in [0.3, 0.4) is 0 Å². The number of likely N-dealkylation sites (tertiary alicyclic amines) is 2. The van der Waals surface area contributed by atoms with Crippen LogP contribution in [0.1, 0.15) is 88.0 Å². The van der Waals surface area contributed by atoms with E-state index in [0.29, 0.717) is 37.1 Å². The Hall–Kier alpha value is -3.11. The molecule has 2 aromatic rings. The van der Waals surface area contributed by atoms with Crippen LogP contribution in [0, 0.1) is 11.3 Å². The van der Waals surface area contributed by atoms with Crippen LogP contribution in [0.25, 0.3) is 0 Å². The third-order valence-corrected chi connectivity index (χ3v) is 8.86. The summed E-state index contributed by atoms with van der Waals surface area (Å²) in [5.74, 6) is 0.807. The Bertz CT molecular complexity index is 1230. The van der Waals surface area contributed by atoms with Gasteiger partial charge in [0, 0.05) is 38.5 Å². The Balaban J connectivity index is 1.13. The Morgan fingerprint density at radius 3 is 2.33 bits per heavy atom. The number of hydrogen-bond acceptors (Lipinski definition) is 5. The van der Waals surface area contributed by atoms with Crippen LogP contribution in [0.2, 0.25) is 0 Å². The van der Waals surface area contributed by atoms with Gasteiger partial charge in [-0.1, -0.05) is 45.0 Å². The van der Waals surface area contributed by atoms with E-state index in [4.69, 9.17) is 0 Å². The highest BCUT2D eigenvalue weighted by Gasteiger charge is 2.40. The lowest BCUT2D eigenvalue weighted by Crippen LogP contribution is -2.51. The summed E-state index contributed by atoms with van der Waals surface area (Å²) in [6.07, 6.45) is 1.30. The second-order valence-electron chi connectivity index (χ2n) is 12.6. The normalized spacial score (nSPS) is 22.7. The van der Waals surface area contributed by atoms with Crippen LogP contribution in [0.15, 0.2) is 29.4 Å². The molecule has 40 heavy (non-hydrogen) atoms. The van der Waals surface area contributed by atoms with Crippen LogP contribution < -0.4 is 0 Å². The zero-order valence-corrected chi connectivity index (χ0v) is 23.5. The third kappa shape index (κ3) is 6.12. The fourth-order valence-corrected chi connectivity index (χ4v) is 6.51. The van der Waals surface area contributed by atoms with Gasteiger partial charge in [-0.3, -0.25) is 0 Å². The van der Waals surface area contributed by atoms with Gasteiger partial charge in [-0.25, -0.2) is 4.79 Å². The minimum Gasteiger partial charge on any atom is -0.465 e. The van der Waals surface area contributed by atoms with Crippen molar-refractivity contribution in [3.8, 4) is 0 Å². The number of piperidine rings is 2. The van der Waals surface area contributed by atoms with Crippen LogP contribution >= 0.6 is 0 Å². The fraction of sp³-hybridized carbons (Fsp3) is 0.655. The highest BCUT2D eigenvalue weighted by molar-refractivity contribution is 5.83. The monoisotopic (exact) mass is 560 g/mol. The molecule has 4 heterocycles. The van der Waals surface area contributed by atoms with E-state index < -0.39 is 18.1 Å². The molecule has 2 unspecified atom stereocenters. The van der Waals surface area contributed by atoms with E-state index in [9.17, 15) is 23.1 Å². The number of alkyl halides is 3. The largest absolute Gasteiger partial charge is 0.465 e. The van der Waals surface area contributed by atoms with Crippen molar-refractivity contribution < 1.29 is 23.1 Å². The SMILES string of the molecule is CC(C)(C)C1CC(CCc2ccc(C3CCN(C4=Nn5c(nnc5C(F)(F)F)CC4)CC3)cc2)CCN1C(=O)O. The van der Waals surface area contributed by atoms with Crippen molar-refractivity contribution in [3.63, 3.8) is 0 Å². The minimum atomic E-state index is -4.58. The summed E-state index contributed by atoms with van der Waals surface area (Å²) in [5.41, 5.74) is 2.52. The molecule has 1 amide bonds. The summed E-state index contributed by atoms with van der Waals surface area (Å²) in [4.78, 5) is 15.4. The predicted molar refractivity (Wildman–Crippen MR) is 145 cm³/mol. The maximum absolute atomic E-state index is 13.3. The second kappa shape index (κ2) is 11.0. The first-order valence-electron chi connectivity index (χ1n) is 14.3. The van der Waals surface area contributed by atoms with Crippen molar-refractivity contribution in [1.29, 1.82) is 0 Å². The van der Waals surface area contributed by atoms with Gasteiger partial charge >= 0.3 is 12.3 Å². The van der Waals surface area contributed by atoms with Crippen molar-refractivity contribution in [1.82, 2.24) is 24.7 Å². The molecule has 3 aliphatic rings. The molecule has 1 N–H and O–H groups in total. The van der Waals surface area contributed by atoms with E-state index >= 15 is 0 Å². The van der Waals surface area contributed by atoms with Gasteiger partial charge in [0.05, 0.1) is 0 Å². The van der Waals surface area contributed by atoms with Gasteiger partial charge in [-0.2, -0.15) is 22.9 Å². The van der Waals surface area contributed by atoms with E-state index in [1.54, 1.807) is 4.90 Å². The molecule has 1 aromatic carbocycles. The number of aromatic nitrogens is 3. The molecule has 2 atom stereocenters. The smallest absolute Gasteiger partial charge is 0.453 e. The Morgan fingerprint density at radius 1 is 1.00 bits per heavy atom. The highest BCUT2D eigenvalue weighted by Crippen LogP contribution is 2.37. The maximum atomic E-state index is 13.3. The lowest BCUT2D eigenvalue weighted by molar-refractivity contribution is -0.147. The van der Waals surface area contributed by atoms with Gasteiger partial charge < -0.3 is 14.9 Å². The van der Waals surface area contributed by atoms with Gasteiger partial charge in [0.15, 0.2) is 5.82 Å². The molecule has 2 saturated heterocycles. The number of aryl methyl sites for hydroxylation is 2. The lowest BCUT2D eigenvalue weighted by Gasteiger charge is -2.44.